The highest BCUT2D eigenvalue weighted by molar-refractivity contribution is 5.71. The van der Waals surface area contributed by atoms with Crippen LogP contribution >= 0.6 is 0 Å². The first kappa shape index (κ1) is 14.9. The number of nitrogens with zero attached hydrogens (tertiary/aromatic N) is 1. The van der Waals surface area contributed by atoms with Crippen LogP contribution in [0.4, 0.5) is 5.69 Å². The molecule has 1 aliphatic rings. The highest BCUT2D eigenvalue weighted by Gasteiger charge is 2.19. The van der Waals surface area contributed by atoms with E-state index >= 15 is 0 Å². The van der Waals surface area contributed by atoms with Gasteiger partial charge in [0, 0.05) is 18.8 Å². The first-order valence-electron chi connectivity index (χ1n) is 7.50. The van der Waals surface area contributed by atoms with Crippen molar-refractivity contribution < 1.29 is 9.53 Å². The number of anilines is 1. The Kier molecular flexibility index (Phi) is 4.69. The Morgan fingerprint density at radius 1 is 1.25 bits per heavy atom. The first-order valence-corrected chi connectivity index (χ1v) is 7.50. The molecule has 0 fully saturated rings. The molecule has 0 spiro atoms. The molecule has 1 aromatic rings. The fourth-order valence-electron chi connectivity index (χ4n) is 2.62. The number of benzene rings is 1. The van der Waals surface area contributed by atoms with E-state index in [4.69, 9.17) is 4.74 Å². The second-order valence-electron chi connectivity index (χ2n) is 6.41. The Balaban J connectivity index is 1.97. The topological polar surface area (TPSA) is 29.5 Å². The van der Waals surface area contributed by atoms with Crippen LogP contribution in [0.25, 0.3) is 0 Å². The highest BCUT2D eigenvalue weighted by Crippen LogP contribution is 2.26. The number of carbonyl (C=O) groups is 1. The van der Waals surface area contributed by atoms with Crippen molar-refractivity contribution in [3.63, 3.8) is 0 Å². The highest BCUT2D eigenvalue weighted by atomic mass is 16.6. The van der Waals surface area contributed by atoms with E-state index in [1.54, 1.807) is 0 Å². The molecule has 20 heavy (non-hydrogen) atoms. The van der Waals surface area contributed by atoms with Crippen molar-refractivity contribution in [3.05, 3.63) is 29.8 Å². The molecule has 0 saturated carbocycles. The Bertz CT molecular complexity index is 462. The fraction of sp³-hybridized carbons (Fsp3) is 0.588. The molecule has 0 aliphatic carbocycles. The van der Waals surface area contributed by atoms with E-state index in [1.165, 1.54) is 24.1 Å². The fourth-order valence-corrected chi connectivity index (χ4v) is 2.62. The zero-order chi connectivity index (χ0) is 14.6. The average Bonchev–Trinajstić information content (AvgIpc) is 2.56. The summed E-state index contributed by atoms with van der Waals surface area (Å²) in [6, 6.07) is 8.53. The molecule has 0 radical (unpaired) electrons. The van der Waals surface area contributed by atoms with Crippen LogP contribution < -0.4 is 4.90 Å². The van der Waals surface area contributed by atoms with Crippen LogP contribution in [0, 0.1) is 0 Å². The molecule has 3 heteroatoms. The third kappa shape index (κ3) is 4.26. The Labute approximate surface area is 121 Å². The molecule has 1 aliphatic heterocycles. The SMILES string of the molecule is CC(C)(C)OC(=O)CCN1CCCCc2ccccc21. The summed E-state index contributed by atoms with van der Waals surface area (Å²) >= 11 is 0. The third-order valence-corrected chi connectivity index (χ3v) is 3.46. The minimum atomic E-state index is -0.395. The van der Waals surface area contributed by atoms with Crippen molar-refractivity contribution in [2.75, 3.05) is 18.0 Å². The van der Waals surface area contributed by atoms with E-state index in [9.17, 15) is 4.79 Å². The van der Waals surface area contributed by atoms with Gasteiger partial charge >= 0.3 is 5.97 Å². The summed E-state index contributed by atoms with van der Waals surface area (Å²) in [5.41, 5.74) is 2.29. The number of aryl methyl sites for hydroxylation is 1. The van der Waals surface area contributed by atoms with Crippen molar-refractivity contribution in [3.8, 4) is 0 Å². The van der Waals surface area contributed by atoms with Gasteiger partial charge in [-0.15, -0.1) is 0 Å². The van der Waals surface area contributed by atoms with Crippen LogP contribution in [0.2, 0.25) is 0 Å². The summed E-state index contributed by atoms with van der Waals surface area (Å²) in [5, 5.41) is 0. The van der Waals surface area contributed by atoms with Crippen molar-refractivity contribution in [2.45, 2.75) is 52.1 Å². The zero-order valence-corrected chi connectivity index (χ0v) is 12.8. The number of rotatable bonds is 3. The molecular formula is C17H25NO2. The predicted octanol–water partition coefficient (Wildman–Crippen LogP) is 3.56. The number of hydrogen-bond acceptors (Lipinski definition) is 3. The predicted molar refractivity (Wildman–Crippen MR) is 82.1 cm³/mol. The van der Waals surface area contributed by atoms with Crippen LogP contribution in [0.15, 0.2) is 24.3 Å². The van der Waals surface area contributed by atoms with Gasteiger partial charge in [-0.25, -0.2) is 0 Å². The lowest BCUT2D eigenvalue weighted by Gasteiger charge is -2.25. The monoisotopic (exact) mass is 275 g/mol. The maximum Gasteiger partial charge on any atom is 0.308 e. The number of ether oxygens (including phenoxy) is 1. The normalized spacial score (nSPS) is 15.4. The second-order valence-corrected chi connectivity index (χ2v) is 6.41. The van der Waals surface area contributed by atoms with Crippen molar-refractivity contribution in [2.24, 2.45) is 0 Å². The van der Waals surface area contributed by atoms with Gasteiger partial charge in [-0.1, -0.05) is 18.2 Å². The van der Waals surface area contributed by atoms with E-state index in [0.717, 1.165) is 19.5 Å². The minimum absolute atomic E-state index is 0.112. The molecule has 0 N–H and O–H groups in total. The lowest BCUT2D eigenvalue weighted by atomic mass is 10.1. The standard InChI is InChI=1S/C17H25NO2/c1-17(2,3)20-16(19)11-13-18-12-7-6-9-14-8-4-5-10-15(14)18/h4-5,8,10H,6-7,9,11-13H2,1-3H3. The molecular weight excluding hydrogens is 250 g/mol. The van der Waals surface area contributed by atoms with Gasteiger partial charge in [0.2, 0.25) is 0 Å². The molecule has 0 unspecified atom stereocenters. The van der Waals surface area contributed by atoms with Crippen LogP contribution in [0.5, 0.6) is 0 Å². The second kappa shape index (κ2) is 6.29. The number of para-hydroxylation sites is 1. The number of carbonyl (C=O) groups excluding carboxylic acids is 1. The Morgan fingerprint density at radius 2 is 2.00 bits per heavy atom. The van der Waals surface area contributed by atoms with E-state index in [2.05, 4.69) is 29.2 Å². The van der Waals surface area contributed by atoms with Gasteiger partial charge in [-0.05, 0) is 51.7 Å². The van der Waals surface area contributed by atoms with Crippen LogP contribution in [0.1, 0.15) is 45.6 Å². The molecule has 1 aromatic carbocycles. The smallest absolute Gasteiger partial charge is 0.308 e. The largest absolute Gasteiger partial charge is 0.460 e. The van der Waals surface area contributed by atoms with E-state index in [-0.39, 0.29) is 5.97 Å². The van der Waals surface area contributed by atoms with Gasteiger partial charge < -0.3 is 9.64 Å². The third-order valence-electron chi connectivity index (χ3n) is 3.46. The summed E-state index contributed by atoms with van der Waals surface area (Å²) < 4.78 is 5.38. The summed E-state index contributed by atoms with van der Waals surface area (Å²) in [6.07, 6.45) is 3.99. The molecule has 110 valence electrons. The maximum atomic E-state index is 11.9. The average molecular weight is 275 g/mol. The van der Waals surface area contributed by atoms with Gasteiger partial charge in [-0.3, -0.25) is 4.79 Å². The number of fused-ring (bicyclic) bond motifs is 1. The van der Waals surface area contributed by atoms with E-state index in [0.29, 0.717) is 6.42 Å². The maximum absolute atomic E-state index is 11.9. The molecule has 2 rings (SSSR count). The summed E-state index contributed by atoms with van der Waals surface area (Å²) in [6.45, 7) is 7.50. The molecule has 0 aromatic heterocycles. The Hall–Kier alpha value is -1.51. The van der Waals surface area contributed by atoms with E-state index < -0.39 is 5.60 Å². The number of hydrogen-bond donors (Lipinski definition) is 0. The quantitative estimate of drug-likeness (QED) is 0.790. The zero-order valence-electron chi connectivity index (χ0n) is 12.8. The molecule has 1 heterocycles. The van der Waals surface area contributed by atoms with Crippen molar-refractivity contribution >= 4 is 11.7 Å². The van der Waals surface area contributed by atoms with Crippen molar-refractivity contribution in [1.29, 1.82) is 0 Å². The van der Waals surface area contributed by atoms with Gasteiger partial charge in [0.1, 0.15) is 5.60 Å². The number of esters is 1. The van der Waals surface area contributed by atoms with Crippen LogP contribution in [-0.2, 0) is 16.0 Å². The van der Waals surface area contributed by atoms with Crippen LogP contribution in [0.3, 0.4) is 0 Å². The lowest BCUT2D eigenvalue weighted by Crippen LogP contribution is -2.30. The van der Waals surface area contributed by atoms with Gasteiger partial charge in [0.25, 0.3) is 0 Å². The van der Waals surface area contributed by atoms with Gasteiger partial charge in [0.05, 0.1) is 6.42 Å². The van der Waals surface area contributed by atoms with E-state index in [1.807, 2.05) is 20.8 Å². The molecule has 3 nitrogen and oxygen atoms in total. The molecule has 0 saturated heterocycles. The van der Waals surface area contributed by atoms with Crippen LogP contribution in [-0.4, -0.2) is 24.7 Å². The molecule has 0 bridgehead atoms. The minimum Gasteiger partial charge on any atom is -0.460 e. The van der Waals surface area contributed by atoms with Gasteiger partial charge in [-0.2, -0.15) is 0 Å². The molecule has 0 amide bonds. The molecule has 0 atom stereocenters. The lowest BCUT2D eigenvalue weighted by molar-refractivity contribution is -0.154. The van der Waals surface area contributed by atoms with Crippen molar-refractivity contribution in [1.82, 2.24) is 0 Å². The first-order chi connectivity index (χ1) is 9.46. The summed E-state index contributed by atoms with van der Waals surface area (Å²) in [5.74, 6) is -0.112. The Morgan fingerprint density at radius 3 is 2.75 bits per heavy atom. The van der Waals surface area contributed by atoms with Gasteiger partial charge in [0.15, 0.2) is 0 Å². The summed E-state index contributed by atoms with van der Waals surface area (Å²) in [4.78, 5) is 14.2. The summed E-state index contributed by atoms with van der Waals surface area (Å²) in [7, 11) is 0.